The molecular weight excluding hydrogens is 342 g/mol. The van der Waals surface area contributed by atoms with Crippen molar-refractivity contribution in [2.24, 2.45) is 0 Å². The highest BCUT2D eigenvalue weighted by Gasteiger charge is 2.24. The zero-order valence-corrected chi connectivity index (χ0v) is 16.8. The Hall–Kier alpha value is -2.05. The first-order valence-electron chi connectivity index (χ1n) is 9.85. The Morgan fingerprint density at radius 1 is 1.19 bits per heavy atom. The highest BCUT2D eigenvalue weighted by molar-refractivity contribution is 5.99. The summed E-state index contributed by atoms with van der Waals surface area (Å²) in [5.41, 5.74) is 1.52. The molecule has 3 rings (SSSR count). The van der Waals surface area contributed by atoms with Crippen molar-refractivity contribution in [1.29, 1.82) is 0 Å². The monoisotopic (exact) mass is 375 g/mol. The quantitative estimate of drug-likeness (QED) is 0.764. The zero-order valence-electron chi connectivity index (χ0n) is 16.8. The van der Waals surface area contributed by atoms with Gasteiger partial charge in [-0.1, -0.05) is 25.5 Å². The predicted molar refractivity (Wildman–Crippen MR) is 109 cm³/mol. The highest BCUT2D eigenvalue weighted by atomic mass is 16.5. The summed E-state index contributed by atoms with van der Waals surface area (Å²) < 4.78 is 11.2. The molecular formula is C21H33N3O3. The second-order valence-corrected chi connectivity index (χ2v) is 6.96. The third kappa shape index (κ3) is 7.23. The van der Waals surface area contributed by atoms with Crippen LogP contribution in [0.15, 0.2) is 35.7 Å². The maximum absolute atomic E-state index is 11.7. The molecule has 0 unspecified atom stereocenters. The van der Waals surface area contributed by atoms with Crippen LogP contribution < -0.4 is 15.4 Å². The maximum atomic E-state index is 11.7. The van der Waals surface area contributed by atoms with Gasteiger partial charge in [-0.2, -0.15) is 0 Å². The van der Waals surface area contributed by atoms with Gasteiger partial charge >= 0.3 is 0 Å². The molecule has 1 aromatic carbocycles. The highest BCUT2D eigenvalue weighted by Crippen LogP contribution is 2.28. The average molecular weight is 376 g/mol. The molecule has 1 fully saturated rings. The fraction of sp³-hybridized carbons (Fsp3) is 0.571. The topological polar surface area (TPSA) is 62.8 Å². The molecule has 0 atom stereocenters. The van der Waals surface area contributed by atoms with Gasteiger partial charge in [0.05, 0.1) is 11.3 Å². The van der Waals surface area contributed by atoms with E-state index in [0.717, 1.165) is 18.0 Å². The molecule has 2 aliphatic heterocycles. The Labute approximate surface area is 162 Å². The molecule has 2 N–H and O–H groups in total. The van der Waals surface area contributed by atoms with Gasteiger partial charge in [0.15, 0.2) is 12.5 Å². The number of anilines is 1. The first-order chi connectivity index (χ1) is 13.1. The van der Waals surface area contributed by atoms with Crippen molar-refractivity contribution in [3.05, 3.63) is 35.7 Å². The van der Waals surface area contributed by atoms with Crippen LogP contribution in [-0.2, 0) is 9.53 Å². The Bertz CT molecular complexity index is 613. The molecule has 0 aliphatic carbocycles. The second-order valence-electron chi connectivity index (χ2n) is 6.96. The summed E-state index contributed by atoms with van der Waals surface area (Å²) in [4.78, 5) is 13.7. The zero-order chi connectivity index (χ0) is 19.5. The molecule has 0 bridgehead atoms. The van der Waals surface area contributed by atoms with Crippen LogP contribution in [-0.4, -0.2) is 57.6 Å². The number of carbonyl (C=O) groups excluding carboxylic acids is 1. The molecule has 2 heterocycles. The predicted octanol–water partition coefficient (Wildman–Crippen LogP) is 3.02. The number of carbonyl (C=O) groups is 1. The lowest BCUT2D eigenvalue weighted by atomic mass is 10.1. The number of ether oxygens (including phenoxy) is 2. The number of hydrogen-bond donors (Lipinski definition) is 2. The molecule has 0 amide bonds. The molecule has 0 radical (unpaired) electrons. The van der Waals surface area contributed by atoms with Crippen molar-refractivity contribution in [3.63, 3.8) is 0 Å². The van der Waals surface area contributed by atoms with Crippen molar-refractivity contribution in [1.82, 2.24) is 10.2 Å². The van der Waals surface area contributed by atoms with Gasteiger partial charge in [-0.25, -0.2) is 0 Å². The Kier molecular flexibility index (Phi) is 9.15. The summed E-state index contributed by atoms with van der Waals surface area (Å²) in [6.07, 6.45) is 4.87. The van der Waals surface area contributed by atoms with Crippen LogP contribution in [0.3, 0.4) is 0 Å². The SMILES string of the molecule is C1CCNCC1.CCC1=C(Nc2ccccc2OCCN(C)C)OCC1=O. The number of Topliss-reactive ketones (excluding diaryl/α,β-unsaturated/α-hetero) is 1. The molecule has 6 nitrogen and oxygen atoms in total. The van der Waals surface area contributed by atoms with Gasteiger partial charge in [0.2, 0.25) is 5.78 Å². The molecule has 0 saturated carbocycles. The number of ketones is 1. The summed E-state index contributed by atoms with van der Waals surface area (Å²) in [6.45, 7) is 6.01. The lowest BCUT2D eigenvalue weighted by molar-refractivity contribution is -0.116. The number of rotatable bonds is 7. The summed E-state index contributed by atoms with van der Waals surface area (Å²) in [5, 5.41) is 6.46. The molecule has 2 aliphatic rings. The Balaban J connectivity index is 0.000000369. The molecule has 6 heteroatoms. The van der Waals surface area contributed by atoms with E-state index in [1.807, 2.05) is 45.3 Å². The largest absolute Gasteiger partial charge is 0.490 e. The van der Waals surface area contributed by atoms with Crippen LogP contribution in [0.1, 0.15) is 32.6 Å². The fourth-order valence-electron chi connectivity index (χ4n) is 2.87. The van der Waals surface area contributed by atoms with Crippen LogP contribution in [0.5, 0.6) is 5.75 Å². The van der Waals surface area contributed by atoms with Crippen molar-refractivity contribution in [3.8, 4) is 5.75 Å². The molecule has 1 saturated heterocycles. The Morgan fingerprint density at radius 3 is 2.52 bits per heavy atom. The minimum Gasteiger partial charge on any atom is -0.490 e. The number of nitrogens with zero attached hydrogens (tertiary/aromatic N) is 1. The maximum Gasteiger partial charge on any atom is 0.201 e. The minimum atomic E-state index is 0.0472. The number of para-hydroxylation sites is 2. The Morgan fingerprint density at radius 2 is 1.93 bits per heavy atom. The summed E-state index contributed by atoms with van der Waals surface area (Å²) in [6, 6.07) is 7.66. The van der Waals surface area contributed by atoms with Crippen molar-refractivity contribution in [2.45, 2.75) is 32.6 Å². The lowest BCUT2D eigenvalue weighted by Gasteiger charge is -2.15. The number of nitrogens with one attached hydrogen (secondary N) is 2. The number of piperidine rings is 1. The normalized spacial score (nSPS) is 16.7. The summed E-state index contributed by atoms with van der Waals surface area (Å²) in [7, 11) is 4.01. The van der Waals surface area contributed by atoms with Crippen LogP contribution in [0.2, 0.25) is 0 Å². The van der Waals surface area contributed by atoms with E-state index in [1.165, 1.54) is 32.4 Å². The first-order valence-corrected chi connectivity index (χ1v) is 9.85. The van der Waals surface area contributed by atoms with Gasteiger partial charge in [-0.15, -0.1) is 0 Å². The van der Waals surface area contributed by atoms with E-state index >= 15 is 0 Å². The van der Waals surface area contributed by atoms with E-state index in [2.05, 4.69) is 15.5 Å². The van der Waals surface area contributed by atoms with Crippen LogP contribution in [0.25, 0.3) is 0 Å². The number of likely N-dealkylation sites (N-methyl/N-ethyl adjacent to an activating group) is 1. The van der Waals surface area contributed by atoms with Gasteiger partial charge < -0.3 is 25.0 Å². The van der Waals surface area contributed by atoms with Gasteiger partial charge in [-0.3, -0.25) is 4.79 Å². The van der Waals surface area contributed by atoms with Crippen molar-refractivity contribution >= 4 is 11.5 Å². The second kappa shape index (κ2) is 11.6. The van der Waals surface area contributed by atoms with Gasteiger partial charge in [-0.05, 0) is 58.6 Å². The van der Waals surface area contributed by atoms with E-state index in [4.69, 9.17) is 9.47 Å². The van der Waals surface area contributed by atoms with Crippen LogP contribution in [0, 0.1) is 0 Å². The smallest absolute Gasteiger partial charge is 0.201 e. The van der Waals surface area contributed by atoms with Crippen LogP contribution in [0.4, 0.5) is 5.69 Å². The van der Waals surface area contributed by atoms with Gasteiger partial charge in [0.1, 0.15) is 12.4 Å². The van der Waals surface area contributed by atoms with E-state index < -0.39 is 0 Å². The molecule has 27 heavy (non-hydrogen) atoms. The minimum absolute atomic E-state index is 0.0472. The van der Waals surface area contributed by atoms with Crippen LogP contribution >= 0.6 is 0 Å². The third-order valence-electron chi connectivity index (χ3n) is 4.45. The summed E-state index contributed by atoms with van der Waals surface area (Å²) in [5.74, 6) is 1.35. The molecule has 1 aromatic rings. The van der Waals surface area contributed by atoms with Crippen molar-refractivity contribution < 1.29 is 14.3 Å². The number of benzene rings is 1. The van der Waals surface area contributed by atoms with E-state index in [-0.39, 0.29) is 12.4 Å². The van der Waals surface area contributed by atoms with E-state index in [9.17, 15) is 4.79 Å². The van der Waals surface area contributed by atoms with Gasteiger partial charge in [0.25, 0.3) is 0 Å². The average Bonchev–Trinajstić information content (AvgIpc) is 3.04. The standard InChI is InChI=1S/C16H22N2O3.C5H11N/c1-4-12-14(19)11-21-16(12)17-13-7-5-6-8-15(13)20-10-9-18(2)3;1-2-4-6-5-3-1/h5-8,17H,4,9-11H2,1-3H3;6H,1-5H2. The van der Waals surface area contributed by atoms with E-state index in [0.29, 0.717) is 24.5 Å². The molecule has 150 valence electrons. The first kappa shape index (κ1) is 21.3. The molecule has 0 aromatic heterocycles. The fourth-order valence-corrected chi connectivity index (χ4v) is 2.87. The van der Waals surface area contributed by atoms with E-state index in [1.54, 1.807) is 0 Å². The lowest BCUT2D eigenvalue weighted by Crippen LogP contribution is -2.21. The molecule has 0 spiro atoms. The summed E-state index contributed by atoms with van der Waals surface area (Å²) >= 11 is 0. The number of hydrogen-bond acceptors (Lipinski definition) is 6. The van der Waals surface area contributed by atoms with Crippen molar-refractivity contribution in [2.75, 3.05) is 52.3 Å². The third-order valence-corrected chi connectivity index (χ3v) is 4.45. The van der Waals surface area contributed by atoms with Gasteiger partial charge in [0, 0.05) is 6.54 Å².